The lowest BCUT2D eigenvalue weighted by Gasteiger charge is -2.36. The van der Waals surface area contributed by atoms with Gasteiger partial charge in [0.05, 0.1) is 12.6 Å². The highest BCUT2D eigenvalue weighted by Gasteiger charge is 2.29. The van der Waals surface area contributed by atoms with Crippen molar-refractivity contribution in [3.8, 4) is 11.5 Å². The fourth-order valence-corrected chi connectivity index (χ4v) is 3.65. The van der Waals surface area contributed by atoms with Crippen LogP contribution in [-0.4, -0.2) is 47.4 Å². The Bertz CT molecular complexity index is 965. The molecule has 1 saturated heterocycles. The van der Waals surface area contributed by atoms with Crippen molar-refractivity contribution in [1.29, 1.82) is 0 Å². The zero-order chi connectivity index (χ0) is 19.5. The molecule has 0 amide bonds. The van der Waals surface area contributed by atoms with Crippen molar-refractivity contribution in [3.63, 3.8) is 0 Å². The Morgan fingerprint density at radius 1 is 1.21 bits per heavy atom. The maximum atomic E-state index is 13.4. The second kappa shape index (κ2) is 8.12. The highest BCUT2D eigenvalue weighted by atomic mass is 19.1. The SMILES string of the molecule is COc1cc(F)ccc1CN1CC[C@@H](Oc2ccc3ncccc3c2)[C@H](O)C1. The van der Waals surface area contributed by atoms with E-state index < -0.39 is 6.10 Å². The third-order valence-electron chi connectivity index (χ3n) is 5.11. The average molecular weight is 382 g/mol. The van der Waals surface area contributed by atoms with Crippen molar-refractivity contribution in [2.45, 2.75) is 25.2 Å². The van der Waals surface area contributed by atoms with Gasteiger partial charge in [-0.15, -0.1) is 0 Å². The fourth-order valence-electron chi connectivity index (χ4n) is 3.65. The molecule has 5 nitrogen and oxygen atoms in total. The topological polar surface area (TPSA) is 54.8 Å². The predicted octanol–water partition coefficient (Wildman–Crippen LogP) is 3.40. The molecule has 0 unspecified atom stereocenters. The van der Waals surface area contributed by atoms with Crippen LogP contribution in [0, 0.1) is 5.82 Å². The Balaban J connectivity index is 1.39. The lowest BCUT2D eigenvalue weighted by Crippen LogP contribution is -2.48. The van der Waals surface area contributed by atoms with Gasteiger partial charge in [-0.1, -0.05) is 12.1 Å². The number of rotatable bonds is 5. The lowest BCUT2D eigenvalue weighted by molar-refractivity contribution is -0.0275. The number of pyridine rings is 1. The normalized spacial score (nSPS) is 20.2. The van der Waals surface area contributed by atoms with Crippen molar-refractivity contribution in [1.82, 2.24) is 9.88 Å². The van der Waals surface area contributed by atoms with Crippen LogP contribution < -0.4 is 9.47 Å². The molecule has 1 aliphatic rings. The van der Waals surface area contributed by atoms with Crippen LogP contribution in [-0.2, 0) is 6.54 Å². The van der Waals surface area contributed by atoms with Gasteiger partial charge >= 0.3 is 0 Å². The monoisotopic (exact) mass is 382 g/mol. The number of nitrogens with zero attached hydrogens (tertiary/aromatic N) is 2. The van der Waals surface area contributed by atoms with Gasteiger partial charge in [0.25, 0.3) is 0 Å². The summed E-state index contributed by atoms with van der Waals surface area (Å²) < 4.78 is 24.7. The molecular formula is C22H23FN2O3. The van der Waals surface area contributed by atoms with E-state index in [0.717, 1.165) is 28.8 Å². The minimum absolute atomic E-state index is 0.263. The van der Waals surface area contributed by atoms with E-state index in [-0.39, 0.29) is 11.9 Å². The van der Waals surface area contributed by atoms with Crippen LogP contribution in [0.2, 0.25) is 0 Å². The molecule has 3 aromatic rings. The maximum absolute atomic E-state index is 13.4. The van der Waals surface area contributed by atoms with Gasteiger partial charge in [0, 0.05) is 42.8 Å². The van der Waals surface area contributed by atoms with Crippen molar-refractivity contribution in [2.24, 2.45) is 0 Å². The van der Waals surface area contributed by atoms with Crippen LogP contribution >= 0.6 is 0 Å². The molecule has 1 aromatic heterocycles. The Hall–Kier alpha value is -2.70. The molecule has 2 atom stereocenters. The molecule has 4 rings (SSSR count). The van der Waals surface area contributed by atoms with Gasteiger partial charge in [-0.25, -0.2) is 4.39 Å². The van der Waals surface area contributed by atoms with E-state index in [1.54, 1.807) is 12.3 Å². The number of likely N-dealkylation sites (tertiary alicyclic amines) is 1. The van der Waals surface area contributed by atoms with Crippen LogP contribution in [0.5, 0.6) is 11.5 Å². The number of β-amino-alcohol motifs (C(OH)–C–C–N with tert-alkyl or cyclic N) is 1. The number of methoxy groups -OCH3 is 1. The number of aromatic nitrogens is 1. The van der Waals surface area contributed by atoms with Crippen molar-refractivity contribution >= 4 is 10.9 Å². The minimum Gasteiger partial charge on any atom is -0.496 e. The molecule has 0 bridgehead atoms. The van der Waals surface area contributed by atoms with E-state index >= 15 is 0 Å². The fraction of sp³-hybridized carbons (Fsp3) is 0.318. The molecule has 2 heterocycles. The van der Waals surface area contributed by atoms with Crippen LogP contribution in [0.4, 0.5) is 4.39 Å². The smallest absolute Gasteiger partial charge is 0.127 e. The van der Waals surface area contributed by atoms with Crippen LogP contribution in [0.3, 0.4) is 0 Å². The summed E-state index contributed by atoms with van der Waals surface area (Å²) in [5, 5.41) is 11.6. The first-order valence-corrected chi connectivity index (χ1v) is 9.36. The number of hydrogen-bond donors (Lipinski definition) is 1. The maximum Gasteiger partial charge on any atom is 0.127 e. The number of halogens is 1. The number of hydrogen-bond acceptors (Lipinski definition) is 5. The Kier molecular flexibility index (Phi) is 5.41. The van der Waals surface area contributed by atoms with E-state index in [9.17, 15) is 9.50 Å². The Morgan fingerprint density at radius 3 is 2.93 bits per heavy atom. The van der Waals surface area contributed by atoms with Gasteiger partial charge in [0.15, 0.2) is 0 Å². The molecule has 0 aliphatic carbocycles. The van der Waals surface area contributed by atoms with E-state index in [4.69, 9.17) is 9.47 Å². The zero-order valence-corrected chi connectivity index (χ0v) is 15.7. The van der Waals surface area contributed by atoms with E-state index in [2.05, 4.69) is 9.88 Å². The number of benzene rings is 2. The molecular weight excluding hydrogens is 359 g/mol. The van der Waals surface area contributed by atoms with Gasteiger partial charge in [-0.05, 0) is 36.8 Å². The summed E-state index contributed by atoms with van der Waals surface area (Å²) >= 11 is 0. The molecule has 0 saturated carbocycles. The summed E-state index contributed by atoms with van der Waals surface area (Å²) in [6.07, 6.45) is 1.60. The van der Waals surface area contributed by atoms with Crippen molar-refractivity contribution < 1.29 is 19.0 Å². The van der Waals surface area contributed by atoms with Gasteiger partial charge in [-0.3, -0.25) is 9.88 Å². The summed E-state index contributed by atoms with van der Waals surface area (Å²) in [7, 11) is 1.53. The molecule has 146 valence electrons. The summed E-state index contributed by atoms with van der Waals surface area (Å²) in [5.74, 6) is 0.939. The highest BCUT2D eigenvalue weighted by molar-refractivity contribution is 5.79. The van der Waals surface area contributed by atoms with Crippen LogP contribution in [0.1, 0.15) is 12.0 Å². The van der Waals surface area contributed by atoms with Crippen LogP contribution in [0.25, 0.3) is 10.9 Å². The summed E-state index contributed by atoms with van der Waals surface area (Å²) in [6, 6.07) is 14.2. The van der Waals surface area contributed by atoms with Crippen molar-refractivity contribution in [2.75, 3.05) is 20.2 Å². The van der Waals surface area contributed by atoms with Gasteiger partial charge in [0.1, 0.15) is 29.5 Å². The molecule has 1 N–H and O–H groups in total. The van der Waals surface area contributed by atoms with E-state index in [1.165, 1.54) is 19.2 Å². The van der Waals surface area contributed by atoms with Gasteiger partial charge in [0.2, 0.25) is 0 Å². The molecule has 1 aliphatic heterocycles. The zero-order valence-electron chi connectivity index (χ0n) is 15.7. The standard InChI is InChI=1S/C22H23FN2O3/c1-27-22-12-17(23)5-4-16(22)13-25-10-8-21(20(26)14-25)28-18-6-7-19-15(11-18)3-2-9-24-19/h2-7,9,11-12,20-21,26H,8,10,13-14H2,1H3/t20-,21-/m1/s1. The summed E-state index contributed by atoms with van der Waals surface area (Å²) in [4.78, 5) is 6.44. The van der Waals surface area contributed by atoms with E-state index in [1.807, 2.05) is 30.3 Å². The minimum atomic E-state index is -0.607. The number of fused-ring (bicyclic) bond motifs is 1. The largest absolute Gasteiger partial charge is 0.496 e. The van der Waals surface area contributed by atoms with E-state index in [0.29, 0.717) is 25.3 Å². The Labute approximate surface area is 163 Å². The predicted molar refractivity (Wildman–Crippen MR) is 105 cm³/mol. The molecule has 0 radical (unpaired) electrons. The average Bonchev–Trinajstić information content (AvgIpc) is 2.71. The van der Waals surface area contributed by atoms with Gasteiger partial charge < -0.3 is 14.6 Å². The molecule has 2 aromatic carbocycles. The summed E-state index contributed by atoms with van der Waals surface area (Å²) in [6.45, 7) is 1.85. The first-order valence-electron chi connectivity index (χ1n) is 9.36. The second-order valence-electron chi connectivity index (χ2n) is 7.06. The first-order chi connectivity index (χ1) is 13.6. The number of aliphatic hydroxyl groups is 1. The molecule has 0 spiro atoms. The third kappa shape index (κ3) is 4.08. The number of aliphatic hydroxyl groups excluding tert-OH is 1. The number of piperidine rings is 1. The third-order valence-corrected chi connectivity index (χ3v) is 5.11. The summed E-state index contributed by atoms with van der Waals surface area (Å²) in [5.41, 5.74) is 1.82. The van der Waals surface area contributed by atoms with Crippen molar-refractivity contribution in [3.05, 3.63) is 66.1 Å². The highest BCUT2D eigenvalue weighted by Crippen LogP contribution is 2.26. The van der Waals surface area contributed by atoms with Crippen LogP contribution in [0.15, 0.2) is 54.7 Å². The van der Waals surface area contributed by atoms with Gasteiger partial charge in [-0.2, -0.15) is 0 Å². The molecule has 6 heteroatoms. The quantitative estimate of drug-likeness (QED) is 0.733. The Morgan fingerprint density at radius 2 is 2.11 bits per heavy atom. The number of ether oxygens (including phenoxy) is 2. The second-order valence-corrected chi connectivity index (χ2v) is 7.06. The molecule has 28 heavy (non-hydrogen) atoms. The lowest BCUT2D eigenvalue weighted by atomic mass is 10.0. The first kappa shape index (κ1) is 18.7. The molecule has 1 fully saturated rings.